The fourth-order valence-corrected chi connectivity index (χ4v) is 3.73. The molecule has 2 aromatic rings. The largest absolute Gasteiger partial charge is 0.488 e. The summed E-state index contributed by atoms with van der Waals surface area (Å²) < 4.78 is 11.8. The second-order valence-corrected chi connectivity index (χ2v) is 8.02. The topological polar surface area (TPSA) is 79.9 Å². The summed E-state index contributed by atoms with van der Waals surface area (Å²) in [6.07, 6.45) is 0.848. The summed E-state index contributed by atoms with van der Waals surface area (Å²) in [7, 11) is 1.85. The third-order valence-corrected chi connectivity index (χ3v) is 5.03. The lowest BCUT2D eigenvalue weighted by atomic mass is 10.0. The zero-order valence-electron chi connectivity index (χ0n) is 16.9. The molecule has 0 saturated carbocycles. The van der Waals surface area contributed by atoms with Gasteiger partial charge in [0.05, 0.1) is 24.5 Å². The molecule has 0 unspecified atom stereocenters. The van der Waals surface area contributed by atoms with E-state index in [9.17, 15) is 9.59 Å². The van der Waals surface area contributed by atoms with Crippen molar-refractivity contribution in [3.8, 4) is 11.5 Å². The van der Waals surface area contributed by atoms with Crippen molar-refractivity contribution in [1.82, 2.24) is 5.32 Å². The maximum Gasteiger partial charge on any atom is 0.251 e. The van der Waals surface area contributed by atoms with Crippen molar-refractivity contribution >= 4 is 23.2 Å². The number of nitrogens with one attached hydrogen (secondary N) is 2. The third kappa shape index (κ3) is 3.99. The second-order valence-electron chi connectivity index (χ2n) is 8.02. The van der Waals surface area contributed by atoms with Crippen LogP contribution >= 0.6 is 0 Å². The van der Waals surface area contributed by atoms with E-state index in [1.807, 2.05) is 36.2 Å². The Kier molecular flexibility index (Phi) is 4.82. The van der Waals surface area contributed by atoms with E-state index in [1.54, 1.807) is 12.1 Å². The predicted octanol–water partition coefficient (Wildman–Crippen LogP) is 2.60. The maximum atomic E-state index is 12.5. The first kappa shape index (κ1) is 19.1. The molecule has 7 heteroatoms. The summed E-state index contributed by atoms with van der Waals surface area (Å²) in [5, 5.41) is 5.66. The number of para-hydroxylation sites is 1. The fraction of sp³-hybridized carbons (Fsp3) is 0.364. The molecule has 2 aliphatic heterocycles. The van der Waals surface area contributed by atoms with E-state index in [4.69, 9.17) is 9.47 Å². The van der Waals surface area contributed by atoms with Crippen molar-refractivity contribution in [3.05, 3.63) is 47.5 Å². The average Bonchev–Trinajstić information content (AvgIpc) is 2.99. The Balaban J connectivity index is 1.33. The van der Waals surface area contributed by atoms with Crippen LogP contribution in [-0.4, -0.2) is 44.2 Å². The molecular weight excluding hydrogens is 370 g/mol. The Morgan fingerprint density at radius 3 is 2.97 bits per heavy atom. The molecule has 2 amide bonds. The lowest BCUT2D eigenvalue weighted by molar-refractivity contribution is -0.115. The van der Waals surface area contributed by atoms with Crippen LogP contribution in [0.5, 0.6) is 11.5 Å². The average molecular weight is 395 g/mol. The van der Waals surface area contributed by atoms with E-state index < -0.39 is 0 Å². The van der Waals surface area contributed by atoms with Crippen LogP contribution in [0.2, 0.25) is 0 Å². The molecule has 0 bridgehead atoms. The summed E-state index contributed by atoms with van der Waals surface area (Å²) in [5.74, 6) is 1.18. The number of benzene rings is 2. The zero-order chi connectivity index (χ0) is 20.6. The molecule has 29 heavy (non-hydrogen) atoms. The van der Waals surface area contributed by atoms with Crippen molar-refractivity contribution in [1.29, 1.82) is 0 Å². The van der Waals surface area contributed by atoms with Gasteiger partial charge in [-0.1, -0.05) is 12.1 Å². The minimum atomic E-state index is -0.230. The number of likely N-dealkylation sites (N-methyl/N-ethyl adjacent to an activating group) is 1. The van der Waals surface area contributed by atoms with Crippen LogP contribution in [0.15, 0.2) is 36.4 Å². The van der Waals surface area contributed by atoms with Gasteiger partial charge in [0.25, 0.3) is 5.91 Å². The maximum absolute atomic E-state index is 12.5. The highest BCUT2D eigenvalue weighted by Crippen LogP contribution is 2.41. The fourth-order valence-electron chi connectivity index (χ4n) is 3.73. The van der Waals surface area contributed by atoms with Crippen molar-refractivity contribution in [3.63, 3.8) is 0 Å². The van der Waals surface area contributed by atoms with Crippen LogP contribution in [0, 0.1) is 0 Å². The van der Waals surface area contributed by atoms with Gasteiger partial charge in [0.1, 0.15) is 12.2 Å². The Morgan fingerprint density at radius 1 is 1.31 bits per heavy atom. The van der Waals surface area contributed by atoms with Crippen LogP contribution in [-0.2, 0) is 11.2 Å². The Hall–Kier alpha value is -3.22. The highest BCUT2D eigenvalue weighted by Gasteiger charge is 2.32. The van der Waals surface area contributed by atoms with E-state index in [1.165, 1.54) is 0 Å². The molecule has 0 saturated heterocycles. The van der Waals surface area contributed by atoms with Crippen LogP contribution in [0.25, 0.3) is 0 Å². The van der Waals surface area contributed by atoms with Crippen LogP contribution < -0.4 is 25.0 Å². The number of carbonyl (C=O) groups excluding carboxylic acids is 2. The monoisotopic (exact) mass is 395 g/mol. The van der Waals surface area contributed by atoms with Gasteiger partial charge >= 0.3 is 0 Å². The molecule has 0 radical (unpaired) electrons. The van der Waals surface area contributed by atoms with Gasteiger partial charge in [-0.05, 0) is 38.1 Å². The minimum absolute atomic E-state index is 0.0910. The number of hydrogen-bond donors (Lipinski definition) is 2. The molecule has 2 N–H and O–H groups in total. The van der Waals surface area contributed by atoms with E-state index >= 15 is 0 Å². The number of amides is 2. The molecule has 2 aliphatic rings. The molecule has 152 valence electrons. The first-order valence-corrected chi connectivity index (χ1v) is 9.69. The van der Waals surface area contributed by atoms with Gasteiger partial charge < -0.3 is 25.0 Å². The zero-order valence-corrected chi connectivity index (χ0v) is 16.9. The molecule has 0 aromatic heterocycles. The van der Waals surface area contributed by atoms with Crippen molar-refractivity contribution < 1.29 is 19.1 Å². The number of rotatable bonds is 5. The number of carbonyl (C=O) groups is 2. The van der Waals surface area contributed by atoms with E-state index in [-0.39, 0.29) is 17.4 Å². The van der Waals surface area contributed by atoms with Crippen LogP contribution in [0.4, 0.5) is 11.4 Å². The normalized spacial score (nSPS) is 16.4. The molecule has 2 aromatic carbocycles. The van der Waals surface area contributed by atoms with Gasteiger partial charge in [-0.2, -0.15) is 0 Å². The van der Waals surface area contributed by atoms with E-state index in [0.29, 0.717) is 36.7 Å². The summed E-state index contributed by atoms with van der Waals surface area (Å²) in [6, 6.07) is 11.2. The highest BCUT2D eigenvalue weighted by molar-refractivity contribution is 6.03. The van der Waals surface area contributed by atoms with E-state index in [0.717, 1.165) is 23.4 Å². The standard InChI is InChI=1S/C22H25N3O4/c1-22(2)12-15-5-4-6-18(20(15)29-22)28-10-9-23-21(27)14-7-8-17-16(11-14)24-19(26)13-25(17)3/h4-8,11H,9-10,12-13H2,1-3H3,(H,23,27)(H,24,26). The first-order valence-electron chi connectivity index (χ1n) is 9.69. The van der Waals surface area contributed by atoms with Crippen LogP contribution in [0.1, 0.15) is 29.8 Å². The van der Waals surface area contributed by atoms with Gasteiger partial charge in [-0.25, -0.2) is 0 Å². The first-order chi connectivity index (χ1) is 13.8. The lowest BCUT2D eigenvalue weighted by Gasteiger charge is -2.27. The molecule has 7 nitrogen and oxygen atoms in total. The summed E-state index contributed by atoms with van der Waals surface area (Å²) in [6.45, 7) is 5.09. The van der Waals surface area contributed by atoms with Gasteiger partial charge in [-0.15, -0.1) is 0 Å². The third-order valence-electron chi connectivity index (χ3n) is 5.03. The van der Waals surface area contributed by atoms with E-state index in [2.05, 4.69) is 24.5 Å². The summed E-state index contributed by atoms with van der Waals surface area (Å²) in [5.41, 5.74) is 2.94. The second kappa shape index (κ2) is 7.31. The van der Waals surface area contributed by atoms with Crippen molar-refractivity contribution in [2.45, 2.75) is 25.9 Å². The van der Waals surface area contributed by atoms with Gasteiger partial charge in [0, 0.05) is 24.6 Å². The Bertz CT molecular complexity index is 971. The van der Waals surface area contributed by atoms with Gasteiger partial charge in [0.2, 0.25) is 5.91 Å². The molecule has 0 aliphatic carbocycles. The Labute approximate surface area is 170 Å². The van der Waals surface area contributed by atoms with Crippen molar-refractivity contribution in [2.24, 2.45) is 0 Å². The van der Waals surface area contributed by atoms with Gasteiger partial charge in [-0.3, -0.25) is 9.59 Å². The molecule has 0 atom stereocenters. The number of ether oxygens (including phenoxy) is 2. The molecule has 2 heterocycles. The molecular formula is C22H25N3O4. The summed E-state index contributed by atoms with van der Waals surface area (Å²) in [4.78, 5) is 26.0. The molecule has 0 spiro atoms. The smallest absolute Gasteiger partial charge is 0.251 e. The number of nitrogens with zero attached hydrogens (tertiary/aromatic N) is 1. The lowest BCUT2D eigenvalue weighted by Crippen LogP contribution is -2.35. The number of fused-ring (bicyclic) bond motifs is 2. The predicted molar refractivity (Wildman–Crippen MR) is 111 cm³/mol. The van der Waals surface area contributed by atoms with Crippen LogP contribution in [0.3, 0.4) is 0 Å². The van der Waals surface area contributed by atoms with Crippen molar-refractivity contribution in [2.75, 3.05) is 37.0 Å². The summed E-state index contributed by atoms with van der Waals surface area (Å²) >= 11 is 0. The molecule has 0 fully saturated rings. The Morgan fingerprint density at radius 2 is 2.14 bits per heavy atom. The highest BCUT2D eigenvalue weighted by atomic mass is 16.5. The minimum Gasteiger partial charge on any atom is -0.488 e. The van der Waals surface area contributed by atoms with Gasteiger partial charge in [0.15, 0.2) is 11.5 Å². The quantitative estimate of drug-likeness (QED) is 0.761. The number of anilines is 2. The SMILES string of the molecule is CN1CC(=O)Nc2cc(C(=O)NCCOc3cccc4c3OC(C)(C)C4)ccc21. The number of hydrogen-bond acceptors (Lipinski definition) is 5. The molecule has 4 rings (SSSR count).